The summed E-state index contributed by atoms with van der Waals surface area (Å²) in [6.07, 6.45) is 4.71. The molecule has 3 rings (SSSR count). The van der Waals surface area contributed by atoms with Gasteiger partial charge in [0.15, 0.2) is 5.96 Å². The largest absolute Gasteiger partial charge is 0.356 e. The normalized spacial score (nSPS) is 16.4. The zero-order valence-electron chi connectivity index (χ0n) is 18.5. The lowest BCUT2D eigenvalue weighted by atomic mass is 10.0. The molecule has 2 heterocycles. The van der Waals surface area contributed by atoms with Gasteiger partial charge < -0.3 is 15.5 Å². The molecule has 0 bridgehead atoms. The number of anilines is 1. The lowest BCUT2D eigenvalue weighted by Crippen LogP contribution is -2.47. The van der Waals surface area contributed by atoms with Crippen molar-refractivity contribution in [2.24, 2.45) is 4.99 Å². The van der Waals surface area contributed by atoms with Crippen LogP contribution >= 0.6 is 0 Å². The number of nitrogens with one attached hydrogen (secondary N) is 2. The molecule has 7 nitrogen and oxygen atoms in total. The summed E-state index contributed by atoms with van der Waals surface area (Å²) >= 11 is 0. The van der Waals surface area contributed by atoms with Crippen molar-refractivity contribution in [3.05, 3.63) is 53.9 Å². The lowest BCUT2D eigenvalue weighted by molar-refractivity contribution is 0.254. The summed E-state index contributed by atoms with van der Waals surface area (Å²) in [6.45, 7) is 11.3. The number of aryl methyl sites for hydroxylation is 1. The maximum atomic E-state index is 4.36. The minimum absolute atomic E-state index is 0.439. The molecule has 1 aliphatic rings. The number of guanidine groups is 1. The Hall–Kier alpha value is -2.67. The number of aromatic nitrogens is 2. The highest BCUT2D eigenvalue weighted by molar-refractivity contribution is 5.79. The number of nitrogens with zero attached hydrogens (tertiary/aromatic N) is 5. The Kier molecular flexibility index (Phi) is 8.44. The second kappa shape index (κ2) is 11.5. The molecule has 1 unspecified atom stereocenters. The van der Waals surface area contributed by atoms with Gasteiger partial charge in [0.1, 0.15) is 0 Å². The molecule has 1 aliphatic heterocycles. The predicted octanol–water partition coefficient (Wildman–Crippen LogP) is 2.27. The quantitative estimate of drug-likeness (QED) is 0.396. The van der Waals surface area contributed by atoms with Crippen LogP contribution < -0.4 is 15.5 Å². The molecule has 1 saturated heterocycles. The first-order chi connectivity index (χ1) is 14.7. The van der Waals surface area contributed by atoms with Gasteiger partial charge in [0.05, 0.1) is 0 Å². The van der Waals surface area contributed by atoms with Crippen molar-refractivity contribution in [1.29, 1.82) is 0 Å². The SMILES string of the molecule is CN=C(NCCCN1CCN(c2ncccn2)CC1)NCC(C)c1ccc(C)cc1. The number of aliphatic imine (C=N–C) groups is 1. The predicted molar refractivity (Wildman–Crippen MR) is 124 cm³/mol. The maximum absolute atomic E-state index is 4.36. The van der Waals surface area contributed by atoms with Gasteiger partial charge in [-0.3, -0.25) is 9.89 Å². The third-order valence-electron chi connectivity index (χ3n) is 5.60. The van der Waals surface area contributed by atoms with Gasteiger partial charge in [0, 0.05) is 58.7 Å². The van der Waals surface area contributed by atoms with Crippen molar-refractivity contribution in [2.75, 3.05) is 57.8 Å². The second-order valence-corrected chi connectivity index (χ2v) is 7.92. The zero-order chi connectivity index (χ0) is 21.2. The van der Waals surface area contributed by atoms with Crippen molar-refractivity contribution in [2.45, 2.75) is 26.2 Å². The Morgan fingerprint density at radius 1 is 1.07 bits per heavy atom. The van der Waals surface area contributed by atoms with Crippen molar-refractivity contribution < 1.29 is 0 Å². The molecular formula is C23H35N7. The topological polar surface area (TPSA) is 68.7 Å². The van der Waals surface area contributed by atoms with E-state index in [0.717, 1.165) is 64.1 Å². The van der Waals surface area contributed by atoms with E-state index >= 15 is 0 Å². The van der Waals surface area contributed by atoms with Crippen molar-refractivity contribution in [3.8, 4) is 0 Å². The molecule has 30 heavy (non-hydrogen) atoms. The van der Waals surface area contributed by atoms with Crippen LogP contribution in [0.2, 0.25) is 0 Å². The van der Waals surface area contributed by atoms with Crippen LogP contribution in [0.25, 0.3) is 0 Å². The Morgan fingerprint density at radius 2 is 1.77 bits per heavy atom. The van der Waals surface area contributed by atoms with Gasteiger partial charge in [-0.05, 0) is 37.4 Å². The summed E-state index contributed by atoms with van der Waals surface area (Å²) in [5, 5.41) is 6.89. The fraction of sp³-hybridized carbons (Fsp3) is 0.522. The molecule has 0 saturated carbocycles. The highest BCUT2D eigenvalue weighted by Crippen LogP contribution is 2.14. The van der Waals surface area contributed by atoms with Gasteiger partial charge in [0.2, 0.25) is 5.95 Å². The summed E-state index contributed by atoms with van der Waals surface area (Å²) in [7, 11) is 1.83. The van der Waals surface area contributed by atoms with Crippen LogP contribution in [-0.4, -0.2) is 73.7 Å². The highest BCUT2D eigenvalue weighted by atomic mass is 15.3. The molecule has 0 radical (unpaired) electrons. The highest BCUT2D eigenvalue weighted by Gasteiger charge is 2.18. The molecule has 0 aliphatic carbocycles. The van der Waals surface area contributed by atoms with E-state index < -0.39 is 0 Å². The second-order valence-electron chi connectivity index (χ2n) is 7.92. The van der Waals surface area contributed by atoms with E-state index in [4.69, 9.17) is 0 Å². The number of piperazine rings is 1. The number of benzene rings is 1. The van der Waals surface area contributed by atoms with Gasteiger partial charge in [-0.2, -0.15) is 0 Å². The average molecular weight is 410 g/mol. The summed E-state index contributed by atoms with van der Waals surface area (Å²) in [5.74, 6) is 2.16. The van der Waals surface area contributed by atoms with Gasteiger partial charge in [-0.15, -0.1) is 0 Å². The summed E-state index contributed by atoms with van der Waals surface area (Å²) in [5.41, 5.74) is 2.65. The summed E-state index contributed by atoms with van der Waals surface area (Å²) < 4.78 is 0. The molecule has 1 aromatic heterocycles. The molecule has 0 amide bonds. The lowest BCUT2D eigenvalue weighted by Gasteiger charge is -2.34. The minimum atomic E-state index is 0.439. The number of hydrogen-bond acceptors (Lipinski definition) is 5. The van der Waals surface area contributed by atoms with E-state index in [9.17, 15) is 0 Å². The number of rotatable bonds is 8. The standard InChI is InChI=1S/C23H35N7/c1-19-6-8-21(9-7-19)20(2)18-28-22(24-3)25-12-5-13-29-14-16-30(17-15-29)23-26-10-4-11-27-23/h4,6-11,20H,5,12-18H2,1-3H3,(H2,24,25,28). The summed E-state index contributed by atoms with van der Waals surface area (Å²) in [4.78, 5) is 17.8. The zero-order valence-corrected chi connectivity index (χ0v) is 18.5. The first-order valence-corrected chi connectivity index (χ1v) is 10.9. The van der Waals surface area contributed by atoms with Crippen LogP contribution in [0.4, 0.5) is 5.95 Å². The first-order valence-electron chi connectivity index (χ1n) is 10.9. The van der Waals surface area contributed by atoms with Crippen molar-refractivity contribution in [3.63, 3.8) is 0 Å². The van der Waals surface area contributed by atoms with Crippen molar-refractivity contribution in [1.82, 2.24) is 25.5 Å². The van der Waals surface area contributed by atoms with Crippen LogP contribution in [0, 0.1) is 6.92 Å². The van der Waals surface area contributed by atoms with E-state index in [2.05, 4.69) is 73.5 Å². The molecule has 162 valence electrons. The van der Waals surface area contributed by atoms with Crippen LogP contribution in [0.15, 0.2) is 47.7 Å². The molecule has 1 fully saturated rings. The third kappa shape index (κ3) is 6.69. The van der Waals surface area contributed by atoms with Crippen LogP contribution in [0.5, 0.6) is 0 Å². The monoisotopic (exact) mass is 409 g/mol. The molecule has 2 aromatic rings. The minimum Gasteiger partial charge on any atom is -0.356 e. The van der Waals surface area contributed by atoms with Gasteiger partial charge >= 0.3 is 0 Å². The molecule has 2 N–H and O–H groups in total. The molecular weight excluding hydrogens is 374 g/mol. The third-order valence-corrected chi connectivity index (χ3v) is 5.60. The Labute approximate surface area is 180 Å². The van der Waals surface area contributed by atoms with Crippen LogP contribution in [-0.2, 0) is 0 Å². The van der Waals surface area contributed by atoms with E-state index in [0.29, 0.717) is 5.92 Å². The molecule has 1 aromatic carbocycles. The van der Waals surface area contributed by atoms with Crippen LogP contribution in [0.1, 0.15) is 30.4 Å². The average Bonchev–Trinajstić information content (AvgIpc) is 2.80. The first kappa shape index (κ1) is 22.0. The Morgan fingerprint density at radius 3 is 2.43 bits per heavy atom. The maximum Gasteiger partial charge on any atom is 0.225 e. The molecule has 1 atom stereocenters. The van der Waals surface area contributed by atoms with E-state index in [1.807, 2.05) is 25.5 Å². The molecule has 0 spiro atoms. The van der Waals surface area contributed by atoms with Gasteiger partial charge in [0.25, 0.3) is 0 Å². The van der Waals surface area contributed by atoms with Crippen molar-refractivity contribution >= 4 is 11.9 Å². The summed E-state index contributed by atoms with van der Waals surface area (Å²) in [6, 6.07) is 10.6. The van der Waals surface area contributed by atoms with Gasteiger partial charge in [-0.1, -0.05) is 36.8 Å². The number of hydrogen-bond donors (Lipinski definition) is 2. The Balaban J connectivity index is 1.30. The molecule has 7 heteroatoms. The van der Waals surface area contributed by atoms with E-state index in [-0.39, 0.29) is 0 Å². The van der Waals surface area contributed by atoms with Crippen LogP contribution in [0.3, 0.4) is 0 Å². The van der Waals surface area contributed by atoms with E-state index in [1.54, 1.807) is 0 Å². The fourth-order valence-corrected chi connectivity index (χ4v) is 3.62. The van der Waals surface area contributed by atoms with E-state index in [1.165, 1.54) is 11.1 Å². The smallest absolute Gasteiger partial charge is 0.225 e. The fourth-order valence-electron chi connectivity index (χ4n) is 3.62. The Bertz CT molecular complexity index is 768. The van der Waals surface area contributed by atoms with Gasteiger partial charge in [-0.25, -0.2) is 9.97 Å².